The fraction of sp³-hybridized carbons (Fsp3) is 0.538. The van der Waals surface area contributed by atoms with Crippen molar-refractivity contribution >= 4 is 17.7 Å². The molecule has 2 unspecified atom stereocenters. The smallest absolute Gasteiger partial charge is 0.354 e. The van der Waals surface area contributed by atoms with E-state index >= 15 is 0 Å². The molecule has 110 valence electrons. The fourth-order valence-corrected chi connectivity index (χ4v) is 2.56. The molecule has 1 aliphatic rings. The van der Waals surface area contributed by atoms with Crippen molar-refractivity contribution in [1.29, 1.82) is 0 Å². The molecular weight excluding hydrogens is 262 g/mol. The number of carboxylic acids is 1. The van der Waals surface area contributed by atoms with Crippen LogP contribution < -0.4 is 10.6 Å². The number of carbonyl (C=O) groups excluding carboxylic acids is 1. The van der Waals surface area contributed by atoms with E-state index in [2.05, 4.69) is 15.6 Å². The van der Waals surface area contributed by atoms with E-state index in [0.717, 1.165) is 19.3 Å². The minimum absolute atomic E-state index is 0.0210. The lowest BCUT2D eigenvalue weighted by molar-refractivity contribution is 0.0692. The van der Waals surface area contributed by atoms with Gasteiger partial charge in [0.05, 0.1) is 17.8 Å². The minimum atomic E-state index is -1.11. The third kappa shape index (κ3) is 3.11. The Hall–Kier alpha value is -2.02. The average Bonchev–Trinajstić information content (AvgIpc) is 2.95. The normalized spacial score (nSPS) is 21.7. The van der Waals surface area contributed by atoms with E-state index in [1.54, 1.807) is 20.1 Å². The van der Waals surface area contributed by atoms with Crippen LogP contribution in [-0.4, -0.2) is 41.3 Å². The summed E-state index contributed by atoms with van der Waals surface area (Å²) in [4.78, 5) is 25.7. The first-order valence-corrected chi connectivity index (χ1v) is 6.54. The van der Waals surface area contributed by atoms with Crippen LogP contribution in [0.3, 0.4) is 0 Å². The summed E-state index contributed by atoms with van der Waals surface area (Å²) in [5.41, 5.74) is 0.917. The van der Waals surface area contributed by atoms with Gasteiger partial charge in [0.1, 0.15) is 5.69 Å². The van der Waals surface area contributed by atoms with E-state index in [-0.39, 0.29) is 23.5 Å². The van der Waals surface area contributed by atoms with Crippen molar-refractivity contribution in [2.75, 3.05) is 12.4 Å². The van der Waals surface area contributed by atoms with Crippen molar-refractivity contribution in [3.05, 3.63) is 17.5 Å². The van der Waals surface area contributed by atoms with Crippen molar-refractivity contribution in [2.24, 2.45) is 0 Å². The standard InChI is InChI=1S/C13H19N3O4/c1-7-6-9(11(14-7)12(17)18)16-13(19)15-8-4-3-5-10(8)20-2/h6,8,10,14H,3-5H2,1-2H3,(H,17,18)(H2,15,16,19). The molecule has 1 saturated carbocycles. The number of anilines is 1. The van der Waals surface area contributed by atoms with Gasteiger partial charge in [-0.25, -0.2) is 9.59 Å². The van der Waals surface area contributed by atoms with Crippen molar-refractivity contribution in [3.8, 4) is 0 Å². The summed E-state index contributed by atoms with van der Waals surface area (Å²) in [6, 6.07) is 1.14. The minimum Gasteiger partial charge on any atom is -0.477 e. The van der Waals surface area contributed by atoms with Gasteiger partial charge in [-0.3, -0.25) is 0 Å². The molecule has 0 aromatic carbocycles. The number of hydrogen-bond acceptors (Lipinski definition) is 3. The molecule has 2 atom stereocenters. The maximum Gasteiger partial charge on any atom is 0.354 e. The monoisotopic (exact) mass is 281 g/mol. The largest absolute Gasteiger partial charge is 0.477 e. The predicted molar refractivity (Wildman–Crippen MR) is 73.1 cm³/mol. The lowest BCUT2D eigenvalue weighted by atomic mass is 10.2. The van der Waals surface area contributed by atoms with Crippen LogP contribution >= 0.6 is 0 Å². The second kappa shape index (κ2) is 5.96. The number of methoxy groups -OCH3 is 1. The van der Waals surface area contributed by atoms with Crippen LogP contribution in [0.1, 0.15) is 35.4 Å². The Bertz CT molecular complexity index is 512. The molecule has 7 heteroatoms. The van der Waals surface area contributed by atoms with Gasteiger partial charge in [-0.05, 0) is 32.3 Å². The zero-order chi connectivity index (χ0) is 14.7. The van der Waals surface area contributed by atoms with E-state index in [0.29, 0.717) is 5.69 Å². The van der Waals surface area contributed by atoms with Crippen LogP contribution in [0.2, 0.25) is 0 Å². The first-order chi connectivity index (χ1) is 9.51. The molecule has 2 amide bonds. The number of aromatic nitrogens is 1. The lowest BCUT2D eigenvalue weighted by Gasteiger charge is -2.19. The second-order valence-electron chi connectivity index (χ2n) is 4.96. The molecule has 1 heterocycles. The Morgan fingerprint density at radius 1 is 1.45 bits per heavy atom. The topological polar surface area (TPSA) is 103 Å². The Kier molecular flexibility index (Phi) is 4.29. The number of aromatic amines is 1. The quantitative estimate of drug-likeness (QED) is 0.674. The predicted octanol–water partition coefficient (Wildman–Crippen LogP) is 1.71. The SMILES string of the molecule is COC1CCCC1NC(=O)Nc1cc(C)[nH]c1C(=O)O. The van der Waals surface area contributed by atoms with Crippen molar-refractivity contribution in [3.63, 3.8) is 0 Å². The highest BCUT2D eigenvalue weighted by Gasteiger charge is 2.28. The number of urea groups is 1. The molecule has 1 fully saturated rings. The summed E-state index contributed by atoms with van der Waals surface area (Å²) < 4.78 is 5.30. The highest BCUT2D eigenvalue weighted by Crippen LogP contribution is 2.22. The number of H-pyrrole nitrogens is 1. The molecular formula is C13H19N3O4. The summed E-state index contributed by atoms with van der Waals surface area (Å²) >= 11 is 0. The number of hydrogen-bond donors (Lipinski definition) is 4. The van der Waals surface area contributed by atoms with Gasteiger partial charge in [-0.2, -0.15) is 0 Å². The summed E-state index contributed by atoms with van der Waals surface area (Å²) in [6.07, 6.45) is 2.81. The number of amides is 2. The van der Waals surface area contributed by atoms with Crippen LogP contribution in [-0.2, 0) is 4.74 Å². The molecule has 1 aromatic rings. The number of carboxylic acid groups (broad SMARTS) is 1. The molecule has 2 rings (SSSR count). The van der Waals surface area contributed by atoms with Gasteiger partial charge in [-0.1, -0.05) is 0 Å². The zero-order valence-corrected chi connectivity index (χ0v) is 11.5. The van der Waals surface area contributed by atoms with E-state index in [1.807, 2.05) is 0 Å². The van der Waals surface area contributed by atoms with Crippen molar-refractivity contribution in [1.82, 2.24) is 10.3 Å². The van der Waals surface area contributed by atoms with Gasteiger partial charge in [-0.15, -0.1) is 0 Å². The number of ether oxygens (including phenoxy) is 1. The Balaban J connectivity index is 1.99. The van der Waals surface area contributed by atoms with Gasteiger partial charge in [0.25, 0.3) is 0 Å². The third-order valence-corrected chi connectivity index (χ3v) is 3.49. The number of rotatable bonds is 4. The Morgan fingerprint density at radius 2 is 2.20 bits per heavy atom. The van der Waals surface area contributed by atoms with E-state index < -0.39 is 12.0 Å². The molecule has 20 heavy (non-hydrogen) atoms. The van der Waals surface area contributed by atoms with Crippen molar-refractivity contribution in [2.45, 2.75) is 38.3 Å². The van der Waals surface area contributed by atoms with Crippen LogP contribution in [0.4, 0.5) is 10.5 Å². The summed E-state index contributed by atoms with van der Waals surface area (Å²) in [6.45, 7) is 1.73. The number of carbonyl (C=O) groups is 2. The number of nitrogens with one attached hydrogen (secondary N) is 3. The van der Waals surface area contributed by atoms with Crippen LogP contribution in [0.25, 0.3) is 0 Å². The molecule has 0 bridgehead atoms. The lowest BCUT2D eigenvalue weighted by Crippen LogP contribution is -2.43. The van der Waals surface area contributed by atoms with Crippen LogP contribution in [0.5, 0.6) is 0 Å². The molecule has 0 radical (unpaired) electrons. The van der Waals surface area contributed by atoms with Gasteiger partial charge >= 0.3 is 12.0 Å². The van der Waals surface area contributed by atoms with E-state index in [9.17, 15) is 9.59 Å². The van der Waals surface area contributed by atoms with Crippen LogP contribution in [0, 0.1) is 6.92 Å². The summed E-state index contributed by atoms with van der Waals surface area (Å²) in [5, 5.41) is 14.4. The highest BCUT2D eigenvalue weighted by molar-refractivity contribution is 5.99. The molecule has 1 aliphatic carbocycles. The maximum atomic E-state index is 11.9. The Labute approximate surface area is 116 Å². The number of aryl methyl sites for hydroxylation is 1. The maximum absolute atomic E-state index is 11.9. The first kappa shape index (κ1) is 14.4. The molecule has 1 aromatic heterocycles. The number of aromatic carboxylic acids is 1. The van der Waals surface area contributed by atoms with Crippen molar-refractivity contribution < 1.29 is 19.4 Å². The van der Waals surface area contributed by atoms with Gasteiger partial charge in [0, 0.05) is 12.8 Å². The molecule has 0 spiro atoms. The van der Waals surface area contributed by atoms with Gasteiger partial charge < -0.3 is 25.5 Å². The zero-order valence-electron chi connectivity index (χ0n) is 11.5. The van der Waals surface area contributed by atoms with Gasteiger partial charge in [0.15, 0.2) is 0 Å². The summed E-state index contributed by atoms with van der Waals surface area (Å²) in [5.74, 6) is -1.11. The molecule has 0 saturated heterocycles. The Morgan fingerprint density at radius 3 is 2.85 bits per heavy atom. The summed E-state index contributed by atoms with van der Waals surface area (Å²) in [7, 11) is 1.63. The van der Waals surface area contributed by atoms with E-state index in [4.69, 9.17) is 9.84 Å². The van der Waals surface area contributed by atoms with Crippen LogP contribution in [0.15, 0.2) is 6.07 Å². The third-order valence-electron chi connectivity index (χ3n) is 3.49. The van der Waals surface area contributed by atoms with E-state index in [1.165, 1.54) is 0 Å². The van der Waals surface area contributed by atoms with Gasteiger partial charge in [0.2, 0.25) is 0 Å². The average molecular weight is 281 g/mol. The first-order valence-electron chi connectivity index (χ1n) is 6.54. The molecule has 7 nitrogen and oxygen atoms in total. The second-order valence-corrected chi connectivity index (χ2v) is 4.96. The molecule has 0 aliphatic heterocycles. The molecule has 4 N–H and O–H groups in total. The fourth-order valence-electron chi connectivity index (χ4n) is 2.56. The highest BCUT2D eigenvalue weighted by atomic mass is 16.5.